The molecule has 2 heterocycles. The molecular formula is C20H24N2O6S. The van der Waals surface area contributed by atoms with Gasteiger partial charge in [0, 0.05) is 10.9 Å². The average molecular weight is 420 g/mol. The summed E-state index contributed by atoms with van der Waals surface area (Å²) in [7, 11) is -2.31. The van der Waals surface area contributed by atoms with Gasteiger partial charge in [-0.2, -0.15) is 0 Å². The number of amides is 1. The number of furan rings is 2. The predicted molar refractivity (Wildman–Crippen MR) is 107 cm³/mol. The summed E-state index contributed by atoms with van der Waals surface area (Å²) < 4.78 is 43.5. The van der Waals surface area contributed by atoms with Crippen molar-refractivity contribution in [1.29, 1.82) is 0 Å². The molecule has 0 aliphatic carbocycles. The Morgan fingerprint density at radius 3 is 2.52 bits per heavy atom. The van der Waals surface area contributed by atoms with E-state index in [2.05, 4.69) is 10.0 Å². The molecule has 1 atom stereocenters. The second kappa shape index (κ2) is 7.57. The fourth-order valence-electron chi connectivity index (χ4n) is 2.81. The molecule has 8 nitrogen and oxygen atoms in total. The minimum Gasteiger partial charge on any atom is -0.493 e. The van der Waals surface area contributed by atoms with Crippen molar-refractivity contribution in [3.8, 4) is 5.75 Å². The number of hydrogen-bond acceptors (Lipinski definition) is 6. The molecule has 0 aliphatic rings. The van der Waals surface area contributed by atoms with E-state index in [0.717, 1.165) is 5.39 Å². The van der Waals surface area contributed by atoms with Crippen LogP contribution in [0.2, 0.25) is 0 Å². The van der Waals surface area contributed by atoms with Gasteiger partial charge in [0.2, 0.25) is 5.09 Å². The molecule has 0 saturated heterocycles. The van der Waals surface area contributed by atoms with Gasteiger partial charge in [-0.15, -0.1) is 0 Å². The van der Waals surface area contributed by atoms with Crippen LogP contribution in [-0.2, 0) is 10.0 Å². The van der Waals surface area contributed by atoms with Crippen LogP contribution >= 0.6 is 0 Å². The first-order chi connectivity index (χ1) is 13.5. The lowest BCUT2D eigenvalue weighted by molar-refractivity contribution is 0.0902. The number of para-hydroxylation sites is 1. The average Bonchev–Trinajstić information content (AvgIpc) is 3.26. The van der Waals surface area contributed by atoms with Gasteiger partial charge in [0.1, 0.15) is 5.76 Å². The molecular weight excluding hydrogens is 396 g/mol. The van der Waals surface area contributed by atoms with Crippen LogP contribution in [0.15, 0.2) is 50.3 Å². The molecule has 3 rings (SSSR count). The molecule has 1 unspecified atom stereocenters. The number of hydrogen-bond donors (Lipinski definition) is 2. The smallest absolute Gasteiger partial charge is 0.287 e. The maximum Gasteiger partial charge on any atom is 0.287 e. The Hall–Kier alpha value is -2.78. The SMILES string of the molecule is COc1cccc2cc(C(C)NC(=O)c3ccc(S(=O)(=O)NC(C)(C)C)o3)oc12. The van der Waals surface area contributed by atoms with Crippen molar-refractivity contribution >= 4 is 26.9 Å². The van der Waals surface area contributed by atoms with Crippen LogP contribution in [0.25, 0.3) is 11.0 Å². The highest BCUT2D eigenvalue weighted by molar-refractivity contribution is 7.89. The molecule has 0 fully saturated rings. The summed E-state index contributed by atoms with van der Waals surface area (Å²) in [6, 6.07) is 9.42. The van der Waals surface area contributed by atoms with E-state index in [0.29, 0.717) is 17.1 Å². The maximum absolute atomic E-state index is 12.5. The molecule has 2 aromatic heterocycles. The molecule has 2 N–H and O–H groups in total. The third-order valence-corrected chi connectivity index (χ3v) is 5.66. The van der Waals surface area contributed by atoms with Crippen LogP contribution in [0.4, 0.5) is 0 Å². The summed E-state index contributed by atoms with van der Waals surface area (Å²) in [5.41, 5.74) is -0.0870. The van der Waals surface area contributed by atoms with Crippen molar-refractivity contribution in [2.45, 2.75) is 44.4 Å². The van der Waals surface area contributed by atoms with Gasteiger partial charge in [0.05, 0.1) is 13.2 Å². The van der Waals surface area contributed by atoms with E-state index >= 15 is 0 Å². The minimum absolute atomic E-state index is 0.111. The van der Waals surface area contributed by atoms with E-state index in [1.807, 2.05) is 18.2 Å². The van der Waals surface area contributed by atoms with Crippen molar-refractivity contribution in [1.82, 2.24) is 10.0 Å². The van der Waals surface area contributed by atoms with Crippen LogP contribution < -0.4 is 14.8 Å². The van der Waals surface area contributed by atoms with Crippen LogP contribution in [0, 0.1) is 0 Å². The first-order valence-corrected chi connectivity index (χ1v) is 10.5. The fraction of sp³-hybridized carbons (Fsp3) is 0.350. The first-order valence-electron chi connectivity index (χ1n) is 9.01. The monoisotopic (exact) mass is 420 g/mol. The van der Waals surface area contributed by atoms with Crippen molar-refractivity contribution in [3.05, 3.63) is 47.9 Å². The maximum atomic E-state index is 12.5. The number of fused-ring (bicyclic) bond motifs is 1. The Morgan fingerprint density at radius 2 is 1.86 bits per heavy atom. The number of methoxy groups -OCH3 is 1. The van der Waals surface area contributed by atoms with E-state index < -0.39 is 27.5 Å². The third-order valence-electron chi connectivity index (χ3n) is 4.03. The predicted octanol–water partition coefficient (Wildman–Crippen LogP) is 3.60. The van der Waals surface area contributed by atoms with Gasteiger partial charge in [0.15, 0.2) is 17.1 Å². The number of carbonyl (C=O) groups is 1. The van der Waals surface area contributed by atoms with Crippen LogP contribution in [-0.4, -0.2) is 27.0 Å². The lowest BCUT2D eigenvalue weighted by atomic mass is 10.1. The number of nitrogens with one attached hydrogen (secondary N) is 2. The summed E-state index contributed by atoms with van der Waals surface area (Å²) >= 11 is 0. The van der Waals surface area contributed by atoms with Crippen molar-refractivity contribution < 1.29 is 26.8 Å². The van der Waals surface area contributed by atoms with Gasteiger partial charge in [-0.3, -0.25) is 4.79 Å². The molecule has 0 aliphatic heterocycles. The number of ether oxygens (including phenoxy) is 1. The summed E-state index contributed by atoms with van der Waals surface area (Å²) in [6.45, 7) is 6.89. The molecule has 0 spiro atoms. The molecule has 0 bridgehead atoms. The molecule has 156 valence electrons. The standard InChI is InChI=1S/C20H24N2O6S/c1-12(16-11-13-7-6-8-14(26-5)18(13)28-16)21-19(23)15-9-10-17(27-15)29(24,25)22-20(2,3)4/h6-12,22H,1-5H3,(H,21,23). The van der Waals surface area contributed by atoms with E-state index in [9.17, 15) is 13.2 Å². The van der Waals surface area contributed by atoms with E-state index in [4.69, 9.17) is 13.6 Å². The number of sulfonamides is 1. The quantitative estimate of drug-likeness (QED) is 0.630. The lowest BCUT2D eigenvalue weighted by Gasteiger charge is -2.19. The summed E-state index contributed by atoms with van der Waals surface area (Å²) in [4.78, 5) is 12.5. The molecule has 0 radical (unpaired) electrons. The molecule has 9 heteroatoms. The van der Waals surface area contributed by atoms with Crippen molar-refractivity contribution in [2.24, 2.45) is 0 Å². The number of carbonyl (C=O) groups excluding carboxylic acids is 1. The van der Waals surface area contributed by atoms with Gasteiger partial charge in [-0.25, -0.2) is 13.1 Å². The van der Waals surface area contributed by atoms with Gasteiger partial charge in [-0.1, -0.05) is 12.1 Å². The zero-order valence-electron chi connectivity index (χ0n) is 16.9. The third kappa shape index (κ3) is 4.63. The fourth-order valence-corrected chi connectivity index (χ4v) is 4.16. The largest absolute Gasteiger partial charge is 0.493 e. The minimum atomic E-state index is -3.87. The van der Waals surface area contributed by atoms with E-state index in [1.54, 1.807) is 40.9 Å². The Bertz CT molecular complexity index is 1140. The summed E-state index contributed by atoms with van der Waals surface area (Å²) in [5, 5.41) is 3.27. The molecule has 1 amide bonds. The van der Waals surface area contributed by atoms with Crippen LogP contribution in [0.3, 0.4) is 0 Å². The zero-order valence-corrected chi connectivity index (χ0v) is 17.7. The van der Waals surface area contributed by atoms with Gasteiger partial charge < -0.3 is 18.9 Å². The van der Waals surface area contributed by atoms with E-state index in [-0.39, 0.29) is 10.9 Å². The molecule has 1 aromatic carbocycles. The summed E-state index contributed by atoms with van der Waals surface area (Å²) in [6.07, 6.45) is 0. The van der Waals surface area contributed by atoms with E-state index in [1.165, 1.54) is 12.1 Å². The highest BCUT2D eigenvalue weighted by Crippen LogP contribution is 2.31. The highest BCUT2D eigenvalue weighted by Gasteiger charge is 2.27. The van der Waals surface area contributed by atoms with Crippen LogP contribution in [0.1, 0.15) is 50.1 Å². The summed E-state index contributed by atoms with van der Waals surface area (Å²) in [5.74, 6) is 0.466. The first kappa shape index (κ1) is 20.9. The van der Waals surface area contributed by atoms with Crippen molar-refractivity contribution in [2.75, 3.05) is 7.11 Å². The number of benzene rings is 1. The number of rotatable bonds is 6. The second-order valence-electron chi connectivity index (χ2n) is 7.70. The zero-order chi connectivity index (χ0) is 21.4. The Labute approximate surface area is 169 Å². The van der Waals surface area contributed by atoms with Crippen molar-refractivity contribution in [3.63, 3.8) is 0 Å². The molecule has 29 heavy (non-hydrogen) atoms. The van der Waals surface area contributed by atoms with Gasteiger partial charge in [0.25, 0.3) is 15.9 Å². The normalized spacial score (nSPS) is 13.4. The Balaban J connectivity index is 1.76. The lowest BCUT2D eigenvalue weighted by Crippen LogP contribution is -2.40. The highest BCUT2D eigenvalue weighted by atomic mass is 32.2. The Kier molecular flexibility index (Phi) is 5.46. The molecule has 3 aromatic rings. The molecule has 0 saturated carbocycles. The van der Waals surface area contributed by atoms with Crippen LogP contribution in [0.5, 0.6) is 5.75 Å². The Morgan fingerprint density at radius 1 is 1.14 bits per heavy atom. The second-order valence-corrected chi connectivity index (χ2v) is 9.31. The van der Waals surface area contributed by atoms with Gasteiger partial charge >= 0.3 is 0 Å². The van der Waals surface area contributed by atoms with Gasteiger partial charge in [-0.05, 0) is 52.0 Å². The topological polar surface area (TPSA) is 111 Å².